The highest BCUT2D eigenvalue weighted by Gasteiger charge is 2.10. The van der Waals surface area contributed by atoms with Crippen molar-refractivity contribution < 1.29 is 4.84 Å². The van der Waals surface area contributed by atoms with Crippen LogP contribution in [0.25, 0.3) is 0 Å². The van der Waals surface area contributed by atoms with E-state index in [0.29, 0.717) is 6.61 Å². The van der Waals surface area contributed by atoms with Crippen molar-refractivity contribution in [2.24, 2.45) is 5.16 Å². The summed E-state index contributed by atoms with van der Waals surface area (Å²) in [5.74, 6) is 0. The van der Waals surface area contributed by atoms with Crippen LogP contribution in [0.5, 0.6) is 0 Å². The van der Waals surface area contributed by atoms with Gasteiger partial charge in [0.05, 0.1) is 5.71 Å². The molecule has 0 aliphatic carbocycles. The summed E-state index contributed by atoms with van der Waals surface area (Å²) in [7, 11) is 2.05. The van der Waals surface area contributed by atoms with Gasteiger partial charge >= 0.3 is 0 Å². The predicted molar refractivity (Wildman–Crippen MR) is 64.2 cm³/mol. The molecule has 1 saturated heterocycles. The molecule has 1 aliphatic rings. The second-order valence-electron chi connectivity index (χ2n) is 4.02. The average Bonchev–Trinajstić information content (AvgIpc) is 2.30. The van der Waals surface area contributed by atoms with E-state index >= 15 is 0 Å². The minimum Gasteiger partial charge on any atom is -0.391 e. The molecule has 4 heteroatoms. The quantitative estimate of drug-likeness (QED) is 0.772. The Bertz CT molecular complexity index is 351. The van der Waals surface area contributed by atoms with Crippen LogP contribution < -0.4 is 5.32 Å². The van der Waals surface area contributed by atoms with Crippen LogP contribution in [0.15, 0.2) is 35.5 Å². The minimum atomic E-state index is 0.536. The maximum absolute atomic E-state index is 5.33. The fourth-order valence-corrected chi connectivity index (χ4v) is 1.65. The van der Waals surface area contributed by atoms with Gasteiger partial charge in [-0.05, 0) is 12.6 Å². The molecule has 0 saturated carbocycles. The minimum absolute atomic E-state index is 0.536. The van der Waals surface area contributed by atoms with Gasteiger partial charge in [-0.3, -0.25) is 10.2 Å². The van der Waals surface area contributed by atoms with Crippen molar-refractivity contribution in [2.75, 3.05) is 26.8 Å². The fourth-order valence-electron chi connectivity index (χ4n) is 1.65. The lowest BCUT2D eigenvalue weighted by molar-refractivity contribution is 0.127. The zero-order chi connectivity index (χ0) is 11.2. The van der Waals surface area contributed by atoms with Crippen LogP contribution in [0, 0.1) is 0 Å². The van der Waals surface area contributed by atoms with E-state index in [0.717, 1.165) is 31.0 Å². The Morgan fingerprint density at radius 2 is 2.19 bits per heavy atom. The summed E-state index contributed by atoms with van der Waals surface area (Å²) in [6.07, 6.45) is 0. The molecule has 0 amide bonds. The van der Waals surface area contributed by atoms with Gasteiger partial charge in [0.25, 0.3) is 0 Å². The normalized spacial score (nSPS) is 19.9. The first-order valence-electron chi connectivity index (χ1n) is 5.45. The first-order chi connectivity index (χ1) is 7.84. The molecule has 0 unspecified atom stereocenters. The first kappa shape index (κ1) is 11.1. The third kappa shape index (κ3) is 3.32. The lowest BCUT2D eigenvalue weighted by Gasteiger charge is -2.23. The molecule has 1 aromatic rings. The van der Waals surface area contributed by atoms with E-state index in [4.69, 9.17) is 4.84 Å². The van der Waals surface area contributed by atoms with Crippen molar-refractivity contribution in [1.29, 1.82) is 0 Å². The number of hydrogen-bond donors (Lipinski definition) is 1. The van der Waals surface area contributed by atoms with Crippen LogP contribution in [0.2, 0.25) is 0 Å². The van der Waals surface area contributed by atoms with Gasteiger partial charge in [-0.2, -0.15) is 0 Å². The SMILES string of the molecule is CN1CNC/C(=N\OCc2ccccc2)C1. The van der Waals surface area contributed by atoms with Crippen LogP contribution >= 0.6 is 0 Å². The van der Waals surface area contributed by atoms with Gasteiger partial charge in [0.15, 0.2) is 0 Å². The Labute approximate surface area is 95.9 Å². The topological polar surface area (TPSA) is 36.9 Å². The molecule has 1 fully saturated rings. The van der Waals surface area contributed by atoms with Crippen LogP contribution in [-0.2, 0) is 11.4 Å². The molecule has 86 valence electrons. The highest BCUT2D eigenvalue weighted by Crippen LogP contribution is 2.01. The summed E-state index contributed by atoms with van der Waals surface area (Å²) >= 11 is 0. The molecule has 1 heterocycles. The summed E-state index contributed by atoms with van der Waals surface area (Å²) in [6, 6.07) is 10.1. The molecular formula is C12H17N3O. The molecule has 4 nitrogen and oxygen atoms in total. The summed E-state index contributed by atoms with van der Waals surface area (Å²) in [5, 5.41) is 7.39. The van der Waals surface area contributed by atoms with Gasteiger partial charge < -0.3 is 4.84 Å². The number of rotatable bonds is 3. The zero-order valence-corrected chi connectivity index (χ0v) is 9.52. The predicted octanol–water partition coefficient (Wildman–Crippen LogP) is 1.05. The van der Waals surface area contributed by atoms with Crippen LogP contribution in [0.3, 0.4) is 0 Å². The van der Waals surface area contributed by atoms with Gasteiger partial charge in [-0.1, -0.05) is 35.5 Å². The highest BCUT2D eigenvalue weighted by atomic mass is 16.6. The van der Waals surface area contributed by atoms with E-state index in [2.05, 4.69) is 22.4 Å². The average molecular weight is 219 g/mol. The molecule has 1 N–H and O–H groups in total. The lowest BCUT2D eigenvalue weighted by atomic mass is 10.2. The Kier molecular flexibility index (Phi) is 3.91. The largest absolute Gasteiger partial charge is 0.391 e. The molecular weight excluding hydrogens is 202 g/mol. The standard InChI is InChI=1S/C12H17N3O/c1-15-8-12(7-13-10-15)14-16-9-11-5-3-2-4-6-11/h2-6,13H,7-10H2,1H3/b14-12+. The molecule has 2 rings (SSSR count). The Balaban J connectivity index is 1.80. The van der Waals surface area contributed by atoms with Crippen LogP contribution in [-0.4, -0.2) is 37.4 Å². The molecule has 1 aromatic carbocycles. The third-order valence-electron chi connectivity index (χ3n) is 2.43. The van der Waals surface area contributed by atoms with E-state index in [1.165, 1.54) is 0 Å². The van der Waals surface area contributed by atoms with E-state index < -0.39 is 0 Å². The highest BCUT2D eigenvalue weighted by molar-refractivity contribution is 5.88. The van der Waals surface area contributed by atoms with Crippen molar-refractivity contribution >= 4 is 5.71 Å². The molecule has 0 aromatic heterocycles. The second kappa shape index (κ2) is 5.63. The van der Waals surface area contributed by atoms with Crippen LogP contribution in [0.1, 0.15) is 5.56 Å². The first-order valence-corrected chi connectivity index (χ1v) is 5.45. The van der Waals surface area contributed by atoms with Gasteiger partial charge in [0.2, 0.25) is 0 Å². The van der Waals surface area contributed by atoms with E-state index in [1.54, 1.807) is 0 Å². The maximum Gasteiger partial charge on any atom is 0.142 e. The van der Waals surface area contributed by atoms with Gasteiger partial charge in [0, 0.05) is 19.8 Å². The number of nitrogens with one attached hydrogen (secondary N) is 1. The molecule has 0 bridgehead atoms. The van der Waals surface area contributed by atoms with E-state index in [-0.39, 0.29) is 0 Å². The monoisotopic (exact) mass is 219 g/mol. The van der Waals surface area contributed by atoms with Crippen molar-refractivity contribution in [3.63, 3.8) is 0 Å². The summed E-state index contributed by atoms with van der Waals surface area (Å²) in [4.78, 5) is 7.49. The van der Waals surface area contributed by atoms with Gasteiger partial charge in [-0.25, -0.2) is 0 Å². The Hall–Kier alpha value is -1.39. The van der Waals surface area contributed by atoms with Crippen molar-refractivity contribution in [3.05, 3.63) is 35.9 Å². The summed E-state index contributed by atoms with van der Waals surface area (Å²) in [5.41, 5.74) is 2.19. The van der Waals surface area contributed by atoms with Gasteiger partial charge in [0.1, 0.15) is 6.61 Å². The summed E-state index contributed by atoms with van der Waals surface area (Å²) in [6.45, 7) is 3.15. The summed E-state index contributed by atoms with van der Waals surface area (Å²) < 4.78 is 0. The van der Waals surface area contributed by atoms with Gasteiger partial charge in [-0.15, -0.1) is 0 Å². The van der Waals surface area contributed by atoms with Crippen molar-refractivity contribution in [3.8, 4) is 0 Å². The third-order valence-corrected chi connectivity index (χ3v) is 2.43. The number of oxime groups is 1. The Morgan fingerprint density at radius 3 is 2.94 bits per heavy atom. The van der Waals surface area contributed by atoms with Crippen molar-refractivity contribution in [1.82, 2.24) is 10.2 Å². The number of nitrogens with zero attached hydrogens (tertiary/aromatic N) is 2. The van der Waals surface area contributed by atoms with Crippen molar-refractivity contribution in [2.45, 2.75) is 6.61 Å². The fraction of sp³-hybridized carbons (Fsp3) is 0.417. The maximum atomic E-state index is 5.33. The number of benzene rings is 1. The Morgan fingerprint density at radius 1 is 1.38 bits per heavy atom. The lowest BCUT2D eigenvalue weighted by Crippen LogP contribution is -2.45. The van der Waals surface area contributed by atoms with E-state index in [1.807, 2.05) is 30.3 Å². The molecule has 0 radical (unpaired) electrons. The zero-order valence-electron chi connectivity index (χ0n) is 9.52. The molecule has 0 atom stereocenters. The molecule has 0 spiro atoms. The van der Waals surface area contributed by atoms with E-state index in [9.17, 15) is 0 Å². The molecule has 1 aliphatic heterocycles. The molecule has 16 heavy (non-hydrogen) atoms. The second-order valence-corrected chi connectivity index (χ2v) is 4.02. The smallest absolute Gasteiger partial charge is 0.142 e. The number of hydrogen-bond acceptors (Lipinski definition) is 4. The van der Waals surface area contributed by atoms with Crippen LogP contribution in [0.4, 0.5) is 0 Å².